The summed E-state index contributed by atoms with van der Waals surface area (Å²) in [4.78, 5) is 41.1. The standard InChI is InChI=1S/C21H20N4O3/c1-2-21(15-8-4-3-5-9-15)19(27)25(20(28)23-21)24-18(26)12-14-13-22-17-11-7-6-10-16(14)17/h3-11,13,22H,2,12H2,1H3,(H,23,28)(H,24,26). The summed E-state index contributed by atoms with van der Waals surface area (Å²) in [5, 5.41) is 4.46. The monoisotopic (exact) mass is 376 g/mol. The van der Waals surface area contributed by atoms with Gasteiger partial charge in [0, 0.05) is 17.1 Å². The number of rotatable bonds is 5. The molecule has 1 aromatic heterocycles. The first-order valence-electron chi connectivity index (χ1n) is 9.12. The van der Waals surface area contributed by atoms with Crippen LogP contribution in [-0.2, 0) is 21.5 Å². The summed E-state index contributed by atoms with van der Waals surface area (Å²) in [6.07, 6.45) is 2.18. The number of hydrogen-bond donors (Lipinski definition) is 3. The number of fused-ring (bicyclic) bond motifs is 1. The highest BCUT2D eigenvalue weighted by Crippen LogP contribution is 2.31. The quantitative estimate of drug-likeness (QED) is 0.598. The van der Waals surface area contributed by atoms with Crippen LogP contribution in [0.25, 0.3) is 10.9 Å². The lowest BCUT2D eigenvalue weighted by Crippen LogP contribution is -2.49. The van der Waals surface area contributed by atoms with E-state index in [1.165, 1.54) is 0 Å². The average Bonchev–Trinajstić information content (AvgIpc) is 3.23. The number of hydrogen-bond acceptors (Lipinski definition) is 3. The Labute approximate surface area is 161 Å². The van der Waals surface area contributed by atoms with Crippen molar-refractivity contribution in [3.8, 4) is 0 Å². The molecule has 1 fully saturated rings. The van der Waals surface area contributed by atoms with E-state index in [1.807, 2.05) is 49.4 Å². The van der Waals surface area contributed by atoms with Crippen LogP contribution in [0, 0.1) is 0 Å². The number of imide groups is 1. The normalized spacial score (nSPS) is 19.1. The van der Waals surface area contributed by atoms with Crippen molar-refractivity contribution < 1.29 is 14.4 Å². The Bertz CT molecular complexity index is 1060. The second-order valence-corrected chi connectivity index (χ2v) is 6.77. The van der Waals surface area contributed by atoms with E-state index in [4.69, 9.17) is 0 Å². The van der Waals surface area contributed by atoms with E-state index in [2.05, 4.69) is 15.7 Å². The molecule has 2 aromatic carbocycles. The van der Waals surface area contributed by atoms with E-state index in [1.54, 1.807) is 18.3 Å². The van der Waals surface area contributed by atoms with Crippen LogP contribution in [0.5, 0.6) is 0 Å². The van der Waals surface area contributed by atoms with E-state index < -0.39 is 23.4 Å². The largest absolute Gasteiger partial charge is 0.361 e. The summed E-state index contributed by atoms with van der Waals surface area (Å²) in [7, 11) is 0. The van der Waals surface area contributed by atoms with E-state index in [0.717, 1.165) is 21.5 Å². The van der Waals surface area contributed by atoms with Crippen LogP contribution in [0.15, 0.2) is 60.8 Å². The van der Waals surface area contributed by atoms with E-state index in [0.29, 0.717) is 12.0 Å². The molecule has 142 valence electrons. The zero-order chi connectivity index (χ0) is 19.7. The van der Waals surface area contributed by atoms with Crippen molar-refractivity contribution in [1.82, 2.24) is 20.7 Å². The summed E-state index contributed by atoms with van der Waals surface area (Å²) in [6.45, 7) is 1.82. The highest BCUT2D eigenvalue weighted by atomic mass is 16.2. The molecule has 7 heteroatoms. The molecule has 1 aliphatic rings. The lowest BCUT2D eigenvalue weighted by molar-refractivity contribution is -0.139. The predicted molar refractivity (Wildman–Crippen MR) is 104 cm³/mol. The SMILES string of the molecule is CCC1(c2ccccc2)NC(=O)N(NC(=O)Cc2c[nH]c3ccccc23)C1=O. The third-order valence-electron chi connectivity index (χ3n) is 5.15. The van der Waals surface area contributed by atoms with Crippen molar-refractivity contribution in [3.63, 3.8) is 0 Å². The number of urea groups is 1. The first-order chi connectivity index (χ1) is 13.5. The molecule has 4 amide bonds. The Kier molecular flexibility index (Phi) is 4.35. The number of benzene rings is 2. The molecule has 1 unspecified atom stereocenters. The molecule has 3 aromatic rings. The Morgan fingerprint density at radius 2 is 1.79 bits per heavy atom. The first-order valence-corrected chi connectivity index (χ1v) is 9.12. The van der Waals surface area contributed by atoms with Crippen molar-refractivity contribution in [3.05, 3.63) is 71.9 Å². The van der Waals surface area contributed by atoms with Crippen LogP contribution in [0.3, 0.4) is 0 Å². The fourth-order valence-corrected chi connectivity index (χ4v) is 3.65. The summed E-state index contributed by atoms with van der Waals surface area (Å²) in [5.74, 6) is -0.924. The van der Waals surface area contributed by atoms with Crippen LogP contribution in [-0.4, -0.2) is 27.8 Å². The number of aromatic amines is 1. The number of para-hydroxylation sites is 1. The van der Waals surface area contributed by atoms with Crippen LogP contribution in [0.2, 0.25) is 0 Å². The molecule has 7 nitrogen and oxygen atoms in total. The summed E-state index contributed by atoms with van der Waals surface area (Å²) < 4.78 is 0. The van der Waals surface area contributed by atoms with Crippen molar-refractivity contribution >= 4 is 28.7 Å². The highest BCUT2D eigenvalue weighted by molar-refractivity contribution is 6.08. The zero-order valence-electron chi connectivity index (χ0n) is 15.4. The topological polar surface area (TPSA) is 94.3 Å². The van der Waals surface area contributed by atoms with E-state index in [9.17, 15) is 14.4 Å². The van der Waals surface area contributed by atoms with Gasteiger partial charge in [-0.25, -0.2) is 4.79 Å². The van der Waals surface area contributed by atoms with Crippen molar-refractivity contribution in [2.24, 2.45) is 0 Å². The first kappa shape index (κ1) is 17.8. The van der Waals surface area contributed by atoms with Crippen LogP contribution in [0.4, 0.5) is 4.79 Å². The average molecular weight is 376 g/mol. The van der Waals surface area contributed by atoms with Gasteiger partial charge in [-0.2, -0.15) is 5.01 Å². The zero-order valence-corrected chi connectivity index (χ0v) is 15.4. The van der Waals surface area contributed by atoms with Gasteiger partial charge in [-0.05, 0) is 23.6 Å². The number of amides is 4. The minimum Gasteiger partial charge on any atom is -0.361 e. The van der Waals surface area contributed by atoms with Crippen LogP contribution in [0.1, 0.15) is 24.5 Å². The number of hydrazine groups is 1. The fourth-order valence-electron chi connectivity index (χ4n) is 3.65. The van der Waals surface area contributed by atoms with Gasteiger partial charge < -0.3 is 10.3 Å². The van der Waals surface area contributed by atoms with Gasteiger partial charge in [0.15, 0.2) is 0 Å². The molecular weight excluding hydrogens is 356 g/mol. The van der Waals surface area contributed by atoms with Crippen molar-refractivity contribution in [2.45, 2.75) is 25.3 Å². The predicted octanol–water partition coefficient (Wildman–Crippen LogP) is 2.60. The molecule has 1 atom stereocenters. The maximum absolute atomic E-state index is 13.0. The minimum absolute atomic E-state index is 0.0472. The Hall–Kier alpha value is -3.61. The molecule has 1 saturated heterocycles. The highest BCUT2D eigenvalue weighted by Gasteiger charge is 2.52. The molecular formula is C21H20N4O3. The number of aromatic nitrogens is 1. The lowest BCUT2D eigenvalue weighted by atomic mass is 9.87. The van der Waals surface area contributed by atoms with Gasteiger partial charge in [-0.1, -0.05) is 55.5 Å². The molecule has 4 rings (SSSR count). The number of nitrogens with one attached hydrogen (secondary N) is 3. The number of H-pyrrole nitrogens is 1. The summed E-state index contributed by atoms with van der Waals surface area (Å²) >= 11 is 0. The Balaban J connectivity index is 1.54. The molecule has 0 aliphatic carbocycles. The van der Waals surface area contributed by atoms with Gasteiger partial charge in [-0.3, -0.25) is 15.0 Å². The molecule has 0 radical (unpaired) electrons. The Morgan fingerprint density at radius 3 is 2.54 bits per heavy atom. The summed E-state index contributed by atoms with van der Waals surface area (Å²) in [5.41, 5.74) is 3.69. The second-order valence-electron chi connectivity index (χ2n) is 6.77. The second kappa shape index (κ2) is 6.84. The third kappa shape index (κ3) is 2.81. The maximum Gasteiger partial charge on any atom is 0.344 e. The molecule has 2 heterocycles. The van der Waals surface area contributed by atoms with Crippen LogP contribution < -0.4 is 10.7 Å². The minimum atomic E-state index is -1.17. The van der Waals surface area contributed by atoms with Gasteiger partial charge in [0.25, 0.3) is 5.91 Å². The number of nitrogens with zero attached hydrogens (tertiary/aromatic N) is 1. The van der Waals surface area contributed by atoms with E-state index in [-0.39, 0.29) is 6.42 Å². The van der Waals surface area contributed by atoms with Gasteiger partial charge in [-0.15, -0.1) is 0 Å². The van der Waals surface area contributed by atoms with Gasteiger partial charge in [0.05, 0.1) is 6.42 Å². The van der Waals surface area contributed by atoms with Crippen molar-refractivity contribution in [2.75, 3.05) is 0 Å². The van der Waals surface area contributed by atoms with Gasteiger partial charge >= 0.3 is 6.03 Å². The molecule has 28 heavy (non-hydrogen) atoms. The maximum atomic E-state index is 13.0. The molecule has 0 bridgehead atoms. The number of carbonyl (C=O) groups excluding carboxylic acids is 3. The molecule has 1 aliphatic heterocycles. The fraction of sp³-hybridized carbons (Fsp3) is 0.190. The van der Waals surface area contributed by atoms with Gasteiger partial charge in [0.2, 0.25) is 5.91 Å². The molecule has 0 spiro atoms. The summed E-state index contributed by atoms with van der Waals surface area (Å²) in [6, 6.07) is 16.0. The van der Waals surface area contributed by atoms with Crippen LogP contribution >= 0.6 is 0 Å². The third-order valence-corrected chi connectivity index (χ3v) is 5.15. The van der Waals surface area contributed by atoms with E-state index >= 15 is 0 Å². The lowest BCUT2D eigenvalue weighted by Gasteiger charge is -2.25. The molecule has 3 N–H and O–H groups in total. The van der Waals surface area contributed by atoms with Gasteiger partial charge in [0.1, 0.15) is 5.54 Å². The smallest absolute Gasteiger partial charge is 0.344 e. The Morgan fingerprint density at radius 1 is 1.07 bits per heavy atom. The van der Waals surface area contributed by atoms with Crippen molar-refractivity contribution in [1.29, 1.82) is 0 Å². The molecule has 0 saturated carbocycles. The number of carbonyl (C=O) groups is 3.